The van der Waals surface area contributed by atoms with Gasteiger partial charge in [0.05, 0.1) is 18.5 Å². The fourth-order valence-corrected chi connectivity index (χ4v) is 3.46. The van der Waals surface area contributed by atoms with E-state index >= 15 is 0 Å². The van der Waals surface area contributed by atoms with Crippen LogP contribution < -0.4 is 25.6 Å². The lowest BCUT2D eigenvalue weighted by Gasteiger charge is -2.22. The molecule has 10 heteroatoms. The van der Waals surface area contributed by atoms with Gasteiger partial charge in [-0.05, 0) is 37.6 Å². The van der Waals surface area contributed by atoms with E-state index in [4.69, 9.17) is 4.74 Å². The number of anilines is 2. The highest BCUT2D eigenvalue weighted by Gasteiger charge is 2.25. The minimum Gasteiger partial charge on any atom is -0.495 e. The van der Waals surface area contributed by atoms with Crippen molar-refractivity contribution >= 4 is 23.2 Å². The number of carbonyl (C=O) groups excluding carboxylic acids is 1. The smallest absolute Gasteiger partial charge is 0.246 e. The molecule has 2 aromatic carbocycles. The first-order valence-corrected chi connectivity index (χ1v) is 10.3. The van der Waals surface area contributed by atoms with E-state index < -0.39 is 29.0 Å². The number of methoxy groups -OCH3 is 1. The molecule has 172 valence electrons. The predicted octanol–water partition coefficient (Wildman–Crippen LogP) is 2.89. The molecule has 32 heavy (non-hydrogen) atoms. The van der Waals surface area contributed by atoms with Crippen molar-refractivity contribution in [3.63, 3.8) is 0 Å². The van der Waals surface area contributed by atoms with E-state index in [2.05, 4.69) is 25.8 Å². The fourth-order valence-electron chi connectivity index (χ4n) is 3.46. The normalized spacial score (nSPS) is 16.1. The van der Waals surface area contributed by atoms with E-state index in [1.807, 2.05) is 31.2 Å². The summed E-state index contributed by atoms with van der Waals surface area (Å²) in [6.45, 7) is 3.69. The highest BCUT2D eigenvalue weighted by molar-refractivity contribution is 5.94. The number of para-hydroxylation sites is 2. The van der Waals surface area contributed by atoms with E-state index in [0.29, 0.717) is 12.5 Å². The van der Waals surface area contributed by atoms with Crippen LogP contribution in [0.15, 0.2) is 41.4 Å². The quantitative estimate of drug-likeness (QED) is 0.344. The number of rotatable bonds is 7. The van der Waals surface area contributed by atoms with Crippen molar-refractivity contribution in [3.8, 4) is 5.75 Å². The fraction of sp³-hybridized carbons (Fsp3) is 0.364. The number of nitrogens with one attached hydrogen (secondary N) is 3. The van der Waals surface area contributed by atoms with Gasteiger partial charge in [0.1, 0.15) is 12.3 Å². The molecule has 0 spiro atoms. The molecule has 1 aliphatic heterocycles. The number of hydrogen-bond acceptors (Lipinski definition) is 4. The van der Waals surface area contributed by atoms with Crippen LogP contribution in [0.4, 0.5) is 24.5 Å². The molecule has 1 saturated heterocycles. The van der Waals surface area contributed by atoms with Gasteiger partial charge in [0.2, 0.25) is 5.91 Å². The molecule has 7 nitrogen and oxygen atoms in total. The molecule has 0 aromatic heterocycles. The second-order valence-electron chi connectivity index (χ2n) is 7.21. The number of halogens is 3. The summed E-state index contributed by atoms with van der Waals surface area (Å²) in [6, 6.07) is 9.59. The molecule has 1 atom stereocenters. The van der Waals surface area contributed by atoms with Crippen LogP contribution >= 0.6 is 0 Å². The Labute approximate surface area is 184 Å². The Kier molecular flexibility index (Phi) is 7.80. The topological polar surface area (TPSA) is 78.0 Å². The summed E-state index contributed by atoms with van der Waals surface area (Å²) in [5, 5.41) is 8.57. The van der Waals surface area contributed by atoms with Crippen LogP contribution in [0.25, 0.3) is 0 Å². The summed E-state index contributed by atoms with van der Waals surface area (Å²) in [6.07, 6.45) is 0.856. The zero-order valence-electron chi connectivity index (χ0n) is 17.9. The molecule has 1 fully saturated rings. The van der Waals surface area contributed by atoms with Crippen molar-refractivity contribution in [2.75, 3.05) is 43.5 Å². The van der Waals surface area contributed by atoms with Gasteiger partial charge in [-0.1, -0.05) is 12.1 Å². The van der Waals surface area contributed by atoms with Crippen LogP contribution in [0.5, 0.6) is 5.75 Å². The number of guanidine groups is 1. The zero-order chi connectivity index (χ0) is 23.1. The Bertz CT molecular complexity index is 986. The van der Waals surface area contributed by atoms with Crippen LogP contribution in [-0.2, 0) is 4.79 Å². The van der Waals surface area contributed by atoms with Crippen LogP contribution in [0, 0.1) is 17.5 Å². The second-order valence-corrected chi connectivity index (χ2v) is 7.21. The van der Waals surface area contributed by atoms with Crippen molar-refractivity contribution in [3.05, 3.63) is 53.8 Å². The number of aliphatic imine (C=N–C) groups is 1. The summed E-state index contributed by atoms with van der Waals surface area (Å²) >= 11 is 0. The summed E-state index contributed by atoms with van der Waals surface area (Å²) in [5.41, 5.74) is 0.569. The third-order valence-electron chi connectivity index (χ3n) is 4.99. The molecule has 2 aromatic rings. The number of amides is 1. The SMILES string of the molecule is CCNC(=NCC(=O)Nc1ccc(F)c(F)c1F)NC1CCN(c2ccccc2OC)C1. The van der Waals surface area contributed by atoms with Gasteiger partial charge < -0.3 is 25.6 Å². The van der Waals surface area contributed by atoms with Gasteiger partial charge in [-0.2, -0.15) is 0 Å². The maximum Gasteiger partial charge on any atom is 0.246 e. The summed E-state index contributed by atoms with van der Waals surface area (Å²) in [4.78, 5) is 18.6. The molecule has 3 N–H and O–H groups in total. The molecule has 3 rings (SSSR count). The van der Waals surface area contributed by atoms with E-state index in [1.165, 1.54) is 0 Å². The predicted molar refractivity (Wildman–Crippen MR) is 118 cm³/mol. The third-order valence-corrected chi connectivity index (χ3v) is 4.99. The third kappa shape index (κ3) is 5.63. The highest BCUT2D eigenvalue weighted by atomic mass is 19.2. The number of nitrogens with zero attached hydrogens (tertiary/aromatic N) is 2. The van der Waals surface area contributed by atoms with Gasteiger partial charge in [0.15, 0.2) is 23.4 Å². The van der Waals surface area contributed by atoms with Gasteiger partial charge in [0.25, 0.3) is 0 Å². The second kappa shape index (κ2) is 10.7. The highest BCUT2D eigenvalue weighted by Crippen LogP contribution is 2.30. The van der Waals surface area contributed by atoms with Crippen molar-refractivity contribution in [2.24, 2.45) is 4.99 Å². The lowest BCUT2D eigenvalue weighted by molar-refractivity contribution is -0.114. The number of hydrogen-bond donors (Lipinski definition) is 3. The average molecular weight is 449 g/mol. The Balaban J connectivity index is 1.59. The molecule has 1 aliphatic rings. The molecular formula is C22H26F3N5O2. The maximum atomic E-state index is 13.7. The Morgan fingerprint density at radius 1 is 1.19 bits per heavy atom. The van der Waals surface area contributed by atoms with Gasteiger partial charge in [-0.15, -0.1) is 0 Å². The summed E-state index contributed by atoms with van der Waals surface area (Å²) in [7, 11) is 1.64. The maximum absolute atomic E-state index is 13.7. The molecule has 0 bridgehead atoms. The number of benzene rings is 2. The molecule has 1 amide bonds. The van der Waals surface area contributed by atoms with E-state index in [-0.39, 0.29) is 12.6 Å². The van der Waals surface area contributed by atoms with Crippen LogP contribution in [0.3, 0.4) is 0 Å². The van der Waals surface area contributed by atoms with E-state index in [9.17, 15) is 18.0 Å². The first-order chi connectivity index (χ1) is 15.4. The monoisotopic (exact) mass is 449 g/mol. The van der Waals surface area contributed by atoms with Gasteiger partial charge in [-0.25, -0.2) is 18.2 Å². The Hall–Kier alpha value is -3.43. The molecule has 0 aliphatic carbocycles. The summed E-state index contributed by atoms with van der Waals surface area (Å²) < 4.78 is 45.5. The van der Waals surface area contributed by atoms with Crippen LogP contribution in [0.2, 0.25) is 0 Å². The molecule has 1 unspecified atom stereocenters. The Morgan fingerprint density at radius 3 is 2.72 bits per heavy atom. The van der Waals surface area contributed by atoms with Crippen molar-refractivity contribution in [1.82, 2.24) is 10.6 Å². The lowest BCUT2D eigenvalue weighted by atomic mass is 10.2. The van der Waals surface area contributed by atoms with Gasteiger partial charge in [0, 0.05) is 25.7 Å². The molecule has 0 radical (unpaired) electrons. The molecule has 1 heterocycles. The zero-order valence-corrected chi connectivity index (χ0v) is 17.9. The van der Waals surface area contributed by atoms with Crippen molar-refractivity contribution in [1.29, 1.82) is 0 Å². The standard InChI is InChI=1S/C22H26F3N5O2/c1-3-26-22(27-12-19(31)29-16-9-8-15(23)20(24)21(16)25)28-14-10-11-30(13-14)17-6-4-5-7-18(17)32-2/h4-9,14H,3,10-13H2,1-2H3,(H,29,31)(H2,26,27,28). The van der Waals surface area contributed by atoms with E-state index in [0.717, 1.165) is 43.1 Å². The summed E-state index contributed by atoms with van der Waals surface area (Å²) in [5.74, 6) is -3.84. The van der Waals surface area contributed by atoms with Crippen molar-refractivity contribution in [2.45, 2.75) is 19.4 Å². The number of carbonyl (C=O) groups is 1. The molecular weight excluding hydrogens is 423 g/mol. The first-order valence-electron chi connectivity index (χ1n) is 10.3. The minimum atomic E-state index is -1.64. The van der Waals surface area contributed by atoms with Crippen molar-refractivity contribution < 1.29 is 22.7 Å². The Morgan fingerprint density at radius 2 is 1.97 bits per heavy atom. The molecule has 0 saturated carbocycles. The van der Waals surface area contributed by atoms with Gasteiger partial charge in [-0.3, -0.25) is 4.79 Å². The average Bonchev–Trinajstić information content (AvgIpc) is 3.26. The van der Waals surface area contributed by atoms with E-state index in [1.54, 1.807) is 7.11 Å². The minimum absolute atomic E-state index is 0.0874. The van der Waals surface area contributed by atoms with Gasteiger partial charge >= 0.3 is 0 Å². The van der Waals surface area contributed by atoms with Crippen LogP contribution in [-0.4, -0.2) is 51.2 Å². The first kappa shape index (κ1) is 23.2. The largest absolute Gasteiger partial charge is 0.495 e. The van der Waals surface area contributed by atoms with Crippen LogP contribution in [0.1, 0.15) is 13.3 Å². The lowest BCUT2D eigenvalue weighted by Crippen LogP contribution is -2.45. The number of ether oxygens (including phenoxy) is 1.